The second-order valence-corrected chi connectivity index (χ2v) is 6.59. The van der Waals surface area contributed by atoms with E-state index < -0.39 is 10.8 Å². The number of halogens is 1. The summed E-state index contributed by atoms with van der Waals surface area (Å²) >= 11 is 2.15. The van der Waals surface area contributed by atoms with E-state index in [-0.39, 0.29) is 35.7 Å². The summed E-state index contributed by atoms with van der Waals surface area (Å²) in [7, 11) is 0. The van der Waals surface area contributed by atoms with E-state index in [1.165, 1.54) is 0 Å². The average Bonchev–Trinajstić information content (AvgIpc) is 2.63. The van der Waals surface area contributed by atoms with Crippen molar-refractivity contribution in [1.82, 2.24) is 5.43 Å². The summed E-state index contributed by atoms with van der Waals surface area (Å²) in [4.78, 5) is 33.6. The number of amides is 2. The molecule has 0 fully saturated rings. The van der Waals surface area contributed by atoms with Crippen molar-refractivity contribution in [3.8, 4) is 5.75 Å². The highest BCUT2D eigenvalue weighted by Crippen LogP contribution is 2.21. The summed E-state index contributed by atoms with van der Waals surface area (Å²) in [6, 6.07) is 10.7. The Kier molecular flexibility index (Phi) is 7.23. The van der Waals surface area contributed by atoms with Crippen LogP contribution in [0, 0.1) is 13.7 Å². The number of nitro benzene ring substituents is 1. The standard InChI is InChI=1S/C17H15IN4O5/c18-12-1-3-13(4-2-12)20-16(24)7-8-17(25)21-19-10-11-9-14(22(26)27)5-6-15(11)23/h1-6,9-10,23H,7-8H2,(H,20,24)(H,21,25)/b19-10+. The van der Waals surface area contributed by atoms with E-state index in [1.54, 1.807) is 12.1 Å². The van der Waals surface area contributed by atoms with E-state index in [9.17, 15) is 24.8 Å². The van der Waals surface area contributed by atoms with Gasteiger partial charge in [-0.25, -0.2) is 5.43 Å². The van der Waals surface area contributed by atoms with Crippen LogP contribution in [0.3, 0.4) is 0 Å². The number of non-ortho nitro benzene ring substituents is 1. The second kappa shape index (κ2) is 9.62. The highest BCUT2D eigenvalue weighted by Gasteiger charge is 2.09. The van der Waals surface area contributed by atoms with Gasteiger partial charge in [-0.05, 0) is 52.9 Å². The lowest BCUT2D eigenvalue weighted by molar-refractivity contribution is -0.384. The Labute approximate surface area is 167 Å². The number of phenols is 1. The van der Waals surface area contributed by atoms with Gasteiger partial charge in [-0.3, -0.25) is 19.7 Å². The molecule has 0 saturated heterocycles. The van der Waals surface area contributed by atoms with Crippen LogP contribution < -0.4 is 10.7 Å². The number of hydrogen-bond acceptors (Lipinski definition) is 6. The fourth-order valence-electron chi connectivity index (χ4n) is 1.97. The third-order valence-electron chi connectivity index (χ3n) is 3.32. The van der Waals surface area contributed by atoms with Gasteiger partial charge >= 0.3 is 0 Å². The van der Waals surface area contributed by atoms with Crippen molar-refractivity contribution >= 4 is 52.0 Å². The molecule has 10 heteroatoms. The first-order valence-corrected chi connectivity index (χ1v) is 8.78. The Bertz CT molecular complexity index is 883. The number of hydrogen-bond donors (Lipinski definition) is 3. The molecule has 3 N–H and O–H groups in total. The minimum Gasteiger partial charge on any atom is -0.507 e. The Balaban J connectivity index is 1.81. The maximum Gasteiger partial charge on any atom is 0.270 e. The molecule has 2 amide bonds. The van der Waals surface area contributed by atoms with Crippen molar-refractivity contribution in [2.45, 2.75) is 12.8 Å². The van der Waals surface area contributed by atoms with Gasteiger partial charge in [-0.2, -0.15) is 5.10 Å². The van der Waals surface area contributed by atoms with Gasteiger partial charge < -0.3 is 10.4 Å². The summed E-state index contributed by atoms with van der Waals surface area (Å²) in [6.07, 6.45) is 0.968. The molecule has 0 atom stereocenters. The van der Waals surface area contributed by atoms with Crippen LogP contribution in [-0.4, -0.2) is 28.1 Å². The number of phenolic OH excluding ortho intramolecular Hbond substituents is 1. The van der Waals surface area contributed by atoms with Crippen molar-refractivity contribution in [3.05, 3.63) is 61.7 Å². The topological polar surface area (TPSA) is 134 Å². The monoisotopic (exact) mass is 482 g/mol. The largest absolute Gasteiger partial charge is 0.507 e. The summed E-state index contributed by atoms with van der Waals surface area (Å²) in [5.74, 6) is -1.03. The van der Waals surface area contributed by atoms with Crippen LogP contribution in [0.15, 0.2) is 47.6 Å². The number of nitro groups is 1. The third kappa shape index (κ3) is 6.66. The minimum atomic E-state index is -0.610. The first kappa shape index (κ1) is 20.3. The Morgan fingerprint density at radius 2 is 1.81 bits per heavy atom. The fourth-order valence-corrected chi connectivity index (χ4v) is 2.33. The predicted molar refractivity (Wildman–Crippen MR) is 108 cm³/mol. The molecule has 9 nitrogen and oxygen atoms in total. The molecule has 0 aliphatic carbocycles. The summed E-state index contributed by atoms with van der Waals surface area (Å²) in [6.45, 7) is 0. The smallest absolute Gasteiger partial charge is 0.270 e. The van der Waals surface area contributed by atoms with Crippen molar-refractivity contribution in [2.75, 3.05) is 5.32 Å². The first-order chi connectivity index (χ1) is 12.8. The zero-order valence-corrected chi connectivity index (χ0v) is 16.0. The van der Waals surface area contributed by atoms with Crippen LogP contribution in [0.2, 0.25) is 0 Å². The van der Waals surface area contributed by atoms with Gasteiger partial charge in [0, 0.05) is 39.8 Å². The number of rotatable bonds is 7. The second-order valence-electron chi connectivity index (χ2n) is 5.35. The van der Waals surface area contributed by atoms with Crippen LogP contribution in [0.4, 0.5) is 11.4 Å². The first-order valence-electron chi connectivity index (χ1n) is 7.70. The molecule has 0 heterocycles. The molecule has 0 spiro atoms. The van der Waals surface area contributed by atoms with Crippen molar-refractivity contribution in [2.24, 2.45) is 5.10 Å². The lowest BCUT2D eigenvalue weighted by atomic mass is 10.2. The minimum absolute atomic E-state index is 0.0323. The van der Waals surface area contributed by atoms with E-state index >= 15 is 0 Å². The van der Waals surface area contributed by atoms with Crippen LogP contribution in [0.1, 0.15) is 18.4 Å². The number of nitrogens with zero attached hydrogens (tertiary/aromatic N) is 2. The molecular formula is C17H15IN4O5. The zero-order chi connectivity index (χ0) is 19.8. The van der Waals surface area contributed by atoms with Gasteiger partial charge in [0.15, 0.2) is 0 Å². The molecule has 2 aromatic carbocycles. The van der Waals surface area contributed by atoms with Crippen LogP contribution in [0.25, 0.3) is 0 Å². The van der Waals surface area contributed by atoms with Gasteiger partial charge in [-0.1, -0.05) is 0 Å². The molecule has 2 rings (SSSR count). The normalized spacial score (nSPS) is 10.6. The fraction of sp³-hybridized carbons (Fsp3) is 0.118. The Hall–Kier alpha value is -3.02. The molecule has 0 bridgehead atoms. The molecule has 0 aliphatic heterocycles. The van der Waals surface area contributed by atoms with E-state index in [2.05, 4.69) is 38.4 Å². The zero-order valence-electron chi connectivity index (χ0n) is 13.9. The van der Waals surface area contributed by atoms with Gasteiger partial charge in [0.05, 0.1) is 11.1 Å². The number of aromatic hydroxyl groups is 1. The number of hydrazone groups is 1. The molecule has 0 aromatic heterocycles. The highest BCUT2D eigenvalue weighted by atomic mass is 127. The highest BCUT2D eigenvalue weighted by molar-refractivity contribution is 14.1. The summed E-state index contributed by atoms with van der Waals surface area (Å²) < 4.78 is 1.04. The maximum atomic E-state index is 11.8. The lowest BCUT2D eigenvalue weighted by Gasteiger charge is -2.05. The van der Waals surface area contributed by atoms with Crippen molar-refractivity contribution < 1.29 is 19.6 Å². The molecular weight excluding hydrogens is 467 g/mol. The van der Waals surface area contributed by atoms with E-state index in [4.69, 9.17) is 0 Å². The number of carbonyl (C=O) groups is 2. The van der Waals surface area contributed by atoms with Crippen LogP contribution in [0.5, 0.6) is 5.75 Å². The SMILES string of the molecule is O=C(CCC(=O)Nc1ccc(I)cc1)N/N=C/c1cc([N+](=O)[O-])ccc1O. The molecule has 0 unspecified atom stereocenters. The van der Waals surface area contributed by atoms with Crippen LogP contribution in [-0.2, 0) is 9.59 Å². The summed E-state index contributed by atoms with van der Waals surface area (Å²) in [5.41, 5.74) is 2.71. The van der Waals surface area contributed by atoms with Crippen molar-refractivity contribution in [3.63, 3.8) is 0 Å². The Morgan fingerprint density at radius 3 is 2.48 bits per heavy atom. The third-order valence-corrected chi connectivity index (χ3v) is 4.04. The predicted octanol–water partition coefficient (Wildman–Crippen LogP) is 2.77. The number of anilines is 1. The van der Waals surface area contributed by atoms with Crippen molar-refractivity contribution in [1.29, 1.82) is 0 Å². The van der Waals surface area contributed by atoms with Gasteiger partial charge in [0.2, 0.25) is 11.8 Å². The molecule has 0 saturated carbocycles. The molecule has 2 aromatic rings. The molecule has 140 valence electrons. The van der Waals surface area contributed by atoms with Gasteiger partial charge in [0.1, 0.15) is 5.75 Å². The summed E-state index contributed by atoms with van der Waals surface area (Å²) in [5, 5.41) is 26.7. The number of benzene rings is 2. The van der Waals surface area contributed by atoms with E-state index in [0.717, 1.165) is 28.0 Å². The average molecular weight is 482 g/mol. The van der Waals surface area contributed by atoms with E-state index in [0.29, 0.717) is 5.69 Å². The molecule has 27 heavy (non-hydrogen) atoms. The quantitative estimate of drug-likeness (QED) is 0.242. The van der Waals surface area contributed by atoms with Gasteiger partial charge in [-0.15, -0.1) is 0 Å². The van der Waals surface area contributed by atoms with Crippen LogP contribution >= 0.6 is 22.6 Å². The molecule has 0 radical (unpaired) electrons. The Morgan fingerprint density at radius 1 is 1.15 bits per heavy atom. The number of nitrogens with one attached hydrogen (secondary N) is 2. The number of carbonyl (C=O) groups excluding carboxylic acids is 2. The molecule has 0 aliphatic rings. The lowest BCUT2D eigenvalue weighted by Crippen LogP contribution is -2.20. The maximum absolute atomic E-state index is 11.8. The van der Waals surface area contributed by atoms with Gasteiger partial charge in [0.25, 0.3) is 5.69 Å². The van der Waals surface area contributed by atoms with E-state index in [1.807, 2.05) is 12.1 Å².